The normalized spacial score (nSPS) is 20.5. The smallest absolute Gasteiger partial charge is 0.119 e. The van der Waals surface area contributed by atoms with Crippen molar-refractivity contribution in [3.63, 3.8) is 0 Å². The Morgan fingerprint density at radius 1 is 1.25 bits per heavy atom. The molecule has 2 rings (SSSR count). The van der Waals surface area contributed by atoms with Crippen LogP contribution in [0.3, 0.4) is 0 Å². The monoisotopic (exact) mass is 348 g/mol. The van der Waals surface area contributed by atoms with Crippen LogP contribution >= 0.6 is 12.2 Å². The van der Waals surface area contributed by atoms with Crippen LogP contribution in [0.25, 0.3) is 0 Å². The van der Waals surface area contributed by atoms with E-state index in [0.717, 1.165) is 36.7 Å². The molecule has 0 amide bonds. The molecule has 0 radical (unpaired) electrons. The zero-order chi connectivity index (χ0) is 17.9. The minimum atomic E-state index is 0.105. The predicted molar refractivity (Wildman–Crippen MR) is 106 cm³/mol. The maximum Gasteiger partial charge on any atom is 0.119 e. The maximum absolute atomic E-state index is 5.55. The number of nitrogens with one attached hydrogen (secondary N) is 1. The molecule has 24 heavy (non-hydrogen) atoms. The zero-order valence-corrected chi connectivity index (χ0v) is 16.8. The third kappa shape index (κ3) is 3.75. The van der Waals surface area contributed by atoms with E-state index in [2.05, 4.69) is 57.0 Å². The summed E-state index contributed by atoms with van der Waals surface area (Å²) in [5, 5.41) is 3.47. The van der Waals surface area contributed by atoms with Gasteiger partial charge in [-0.05, 0) is 70.8 Å². The van der Waals surface area contributed by atoms with Crippen LogP contribution in [0.15, 0.2) is 18.2 Å². The third-order valence-corrected chi connectivity index (χ3v) is 5.85. The number of methoxy groups -OCH3 is 1. The fraction of sp³-hybridized carbons (Fsp3) is 0.650. The van der Waals surface area contributed by atoms with E-state index in [1.54, 1.807) is 7.11 Å². The Morgan fingerprint density at radius 3 is 2.46 bits per heavy atom. The molecule has 1 aromatic rings. The van der Waals surface area contributed by atoms with Crippen molar-refractivity contribution in [2.45, 2.75) is 65.0 Å². The van der Waals surface area contributed by atoms with Crippen molar-refractivity contribution in [2.24, 2.45) is 0 Å². The van der Waals surface area contributed by atoms with Crippen LogP contribution < -0.4 is 10.1 Å². The van der Waals surface area contributed by atoms with Crippen LogP contribution in [-0.2, 0) is 5.41 Å². The molecule has 134 valence electrons. The number of nitrogens with zero attached hydrogens (tertiary/aromatic N) is 1. The second-order valence-electron chi connectivity index (χ2n) is 7.40. The van der Waals surface area contributed by atoms with Crippen LogP contribution in [0.4, 0.5) is 0 Å². The van der Waals surface area contributed by atoms with Gasteiger partial charge in [0.25, 0.3) is 0 Å². The topological polar surface area (TPSA) is 24.5 Å². The Kier molecular flexibility index (Phi) is 6.27. The molecule has 1 N–H and O–H groups in total. The van der Waals surface area contributed by atoms with Gasteiger partial charge in [-0.1, -0.05) is 19.1 Å². The van der Waals surface area contributed by atoms with Gasteiger partial charge in [-0.2, -0.15) is 0 Å². The van der Waals surface area contributed by atoms with Crippen LogP contribution in [-0.4, -0.2) is 42.2 Å². The van der Waals surface area contributed by atoms with Gasteiger partial charge in [-0.25, -0.2) is 0 Å². The molecular weight excluding hydrogens is 316 g/mol. The van der Waals surface area contributed by atoms with Crippen molar-refractivity contribution >= 4 is 17.2 Å². The number of rotatable bonds is 7. The molecule has 4 heteroatoms. The van der Waals surface area contributed by atoms with Crippen LogP contribution in [0, 0.1) is 0 Å². The minimum absolute atomic E-state index is 0.105. The molecule has 1 unspecified atom stereocenters. The van der Waals surface area contributed by atoms with E-state index in [0.29, 0.717) is 12.1 Å². The summed E-state index contributed by atoms with van der Waals surface area (Å²) < 4.78 is 5.48. The highest BCUT2D eigenvalue weighted by Gasteiger charge is 2.37. The first-order chi connectivity index (χ1) is 11.3. The van der Waals surface area contributed by atoms with Crippen molar-refractivity contribution in [3.05, 3.63) is 29.3 Å². The van der Waals surface area contributed by atoms with Crippen LogP contribution in [0.1, 0.15) is 58.6 Å². The quantitative estimate of drug-likeness (QED) is 0.749. The highest BCUT2D eigenvalue weighted by molar-refractivity contribution is 7.80. The summed E-state index contributed by atoms with van der Waals surface area (Å²) in [5.41, 5.74) is 2.62. The summed E-state index contributed by atoms with van der Waals surface area (Å²) in [7, 11) is 1.73. The number of fused-ring (bicyclic) bond motifs is 1. The number of hydrogen-bond donors (Lipinski definition) is 1. The van der Waals surface area contributed by atoms with Crippen LogP contribution in [0.2, 0.25) is 0 Å². The van der Waals surface area contributed by atoms with E-state index in [-0.39, 0.29) is 5.41 Å². The highest BCUT2D eigenvalue weighted by atomic mass is 32.1. The number of hydrogen-bond acceptors (Lipinski definition) is 3. The lowest BCUT2D eigenvalue weighted by Gasteiger charge is -2.42. The van der Waals surface area contributed by atoms with E-state index in [1.165, 1.54) is 11.1 Å². The minimum Gasteiger partial charge on any atom is -0.497 e. The number of benzene rings is 1. The van der Waals surface area contributed by atoms with Gasteiger partial charge in [0.15, 0.2) is 0 Å². The lowest BCUT2D eigenvalue weighted by atomic mass is 9.71. The SMILES string of the molecule is CCC1(CCN(C(C)C)C(C)C)CNC(=S)c2ccc(OC)cc21. The van der Waals surface area contributed by atoms with Gasteiger partial charge in [0.05, 0.1) is 7.11 Å². The van der Waals surface area contributed by atoms with E-state index < -0.39 is 0 Å². The molecule has 0 fully saturated rings. The van der Waals surface area contributed by atoms with Crippen molar-refractivity contribution in [1.29, 1.82) is 0 Å². The summed E-state index contributed by atoms with van der Waals surface area (Å²) in [6.07, 6.45) is 2.21. The van der Waals surface area contributed by atoms with Gasteiger partial charge in [-0.15, -0.1) is 0 Å². The Balaban J connectivity index is 2.35. The fourth-order valence-corrected chi connectivity index (χ4v) is 4.15. The molecular formula is C20H32N2OS. The molecule has 0 saturated heterocycles. The molecule has 1 aliphatic rings. The van der Waals surface area contributed by atoms with Gasteiger partial charge in [0, 0.05) is 29.6 Å². The molecule has 1 aromatic carbocycles. The molecule has 1 heterocycles. The third-order valence-electron chi connectivity index (χ3n) is 5.48. The lowest BCUT2D eigenvalue weighted by Crippen LogP contribution is -2.49. The summed E-state index contributed by atoms with van der Waals surface area (Å²) in [5.74, 6) is 0.917. The molecule has 0 bridgehead atoms. The van der Waals surface area contributed by atoms with Crippen molar-refractivity contribution in [1.82, 2.24) is 10.2 Å². The standard InChI is InChI=1S/C20H32N2OS/c1-7-20(10-11-22(14(2)3)15(4)5)13-21-19(24)17-9-8-16(23-6)12-18(17)20/h8-9,12,14-15H,7,10-11,13H2,1-6H3,(H,21,24). The molecule has 0 spiro atoms. The molecule has 0 saturated carbocycles. The van der Waals surface area contributed by atoms with Crippen molar-refractivity contribution < 1.29 is 4.74 Å². The first-order valence-electron chi connectivity index (χ1n) is 9.07. The summed E-state index contributed by atoms with van der Waals surface area (Å²) in [6, 6.07) is 7.42. The van der Waals surface area contributed by atoms with Crippen molar-refractivity contribution in [2.75, 3.05) is 20.2 Å². The van der Waals surface area contributed by atoms with Gasteiger partial charge < -0.3 is 10.1 Å². The maximum atomic E-state index is 5.55. The Morgan fingerprint density at radius 2 is 1.92 bits per heavy atom. The van der Waals surface area contributed by atoms with E-state index >= 15 is 0 Å². The average Bonchev–Trinajstić information content (AvgIpc) is 2.56. The van der Waals surface area contributed by atoms with Gasteiger partial charge in [0.2, 0.25) is 0 Å². The van der Waals surface area contributed by atoms with Crippen molar-refractivity contribution in [3.8, 4) is 5.75 Å². The van der Waals surface area contributed by atoms with Crippen LogP contribution in [0.5, 0.6) is 5.75 Å². The second kappa shape index (κ2) is 7.83. The predicted octanol–water partition coefficient (Wildman–Crippen LogP) is 4.13. The molecule has 3 nitrogen and oxygen atoms in total. The summed E-state index contributed by atoms with van der Waals surface area (Å²) in [4.78, 5) is 3.44. The first kappa shape index (κ1) is 19.2. The Labute approximate surface area is 152 Å². The summed E-state index contributed by atoms with van der Waals surface area (Å²) in [6.45, 7) is 13.4. The second-order valence-corrected chi connectivity index (χ2v) is 7.81. The van der Waals surface area contributed by atoms with Gasteiger partial charge >= 0.3 is 0 Å². The van der Waals surface area contributed by atoms with E-state index in [1.807, 2.05) is 6.07 Å². The number of ether oxygens (including phenoxy) is 1. The fourth-order valence-electron chi connectivity index (χ4n) is 3.90. The lowest BCUT2D eigenvalue weighted by molar-refractivity contribution is 0.154. The Hall–Kier alpha value is -1.13. The number of thiocarbonyl (C=S) groups is 1. The zero-order valence-electron chi connectivity index (χ0n) is 16.0. The highest BCUT2D eigenvalue weighted by Crippen LogP contribution is 2.38. The first-order valence-corrected chi connectivity index (χ1v) is 9.48. The molecule has 0 aromatic heterocycles. The van der Waals surface area contributed by atoms with Gasteiger partial charge in [-0.3, -0.25) is 4.90 Å². The summed E-state index contributed by atoms with van der Waals surface area (Å²) >= 11 is 5.55. The molecule has 1 aliphatic heterocycles. The van der Waals surface area contributed by atoms with Gasteiger partial charge in [0.1, 0.15) is 10.7 Å². The average molecular weight is 349 g/mol. The Bertz CT molecular complexity index is 577. The molecule has 0 aliphatic carbocycles. The largest absolute Gasteiger partial charge is 0.497 e. The van der Waals surface area contributed by atoms with E-state index in [4.69, 9.17) is 17.0 Å². The molecule has 1 atom stereocenters. The van der Waals surface area contributed by atoms with E-state index in [9.17, 15) is 0 Å².